The van der Waals surface area contributed by atoms with Crippen molar-refractivity contribution in [1.82, 2.24) is 9.29 Å². The maximum absolute atomic E-state index is 13.0. The van der Waals surface area contributed by atoms with Gasteiger partial charge in [0, 0.05) is 18.4 Å². The number of aromatic nitrogens is 1. The van der Waals surface area contributed by atoms with Gasteiger partial charge < -0.3 is 4.98 Å². The standard InChI is InChI=1S/C16H20N2O2S/c1-12-7-8-16(13(2)11-12)21(19,20)18-10-4-6-15(18)14-5-3-9-17-14/h3,5,7-9,11,15,17H,4,6,10H2,1-2H3. The number of aryl methyl sites for hydroxylation is 2. The number of aromatic amines is 1. The van der Waals surface area contributed by atoms with E-state index in [1.165, 1.54) is 0 Å². The van der Waals surface area contributed by atoms with E-state index in [-0.39, 0.29) is 6.04 Å². The summed E-state index contributed by atoms with van der Waals surface area (Å²) < 4.78 is 27.6. The van der Waals surface area contributed by atoms with Crippen molar-refractivity contribution in [2.24, 2.45) is 0 Å². The molecule has 0 amide bonds. The third kappa shape index (κ3) is 2.51. The van der Waals surface area contributed by atoms with Gasteiger partial charge in [-0.15, -0.1) is 0 Å². The molecule has 0 aliphatic carbocycles. The van der Waals surface area contributed by atoms with E-state index in [0.717, 1.165) is 29.7 Å². The van der Waals surface area contributed by atoms with Crippen molar-refractivity contribution in [3.8, 4) is 0 Å². The predicted molar refractivity (Wildman–Crippen MR) is 82.6 cm³/mol. The molecule has 1 atom stereocenters. The van der Waals surface area contributed by atoms with Crippen LogP contribution in [-0.4, -0.2) is 24.3 Å². The lowest BCUT2D eigenvalue weighted by Crippen LogP contribution is -2.31. The second-order valence-electron chi connectivity index (χ2n) is 5.67. The summed E-state index contributed by atoms with van der Waals surface area (Å²) >= 11 is 0. The van der Waals surface area contributed by atoms with Crippen LogP contribution in [0.15, 0.2) is 41.4 Å². The molecule has 2 aromatic rings. The Bertz CT molecular complexity index is 736. The largest absolute Gasteiger partial charge is 0.364 e. The first-order valence-corrected chi connectivity index (χ1v) is 8.66. The van der Waals surface area contributed by atoms with Crippen LogP contribution in [0.1, 0.15) is 35.7 Å². The van der Waals surface area contributed by atoms with E-state index in [4.69, 9.17) is 0 Å². The molecule has 1 fully saturated rings. The Hall–Kier alpha value is -1.59. The molecule has 1 unspecified atom stereocenters. The number of hydrogen-bond donors (Lipinski definition) is 1. The Kier molecular flexibility index (Phi) is 3.63. The molecule has 2 heterocycles. The van der Waals surface area contributed by atoms with Crippen molar-refractivity contribution in [3.63, 3.8) is 0 Å². The Morgan fingerprint density at radius 3 is 2.71 bits per heavy atom. The number of hydrogen-bond acceptors (Lipinski definition) is 2. The number of nitrogens with one attached hydrogen (secondary N) is 1. The molecule has 112 valence electrons. The number of H-pyrrole nitrogens is 1. The summed E-state index contributed by atoms with van der Waals surface area (Å²) in [5.41, 5.74) is 2.86. The molecule has 1 saturated heterocycles. The molecule has 0 radical (unpaired) electrons. The summed E-state index contributed by atoms with van der Waals surface area (Å²) in [4.78, 5) is 3.57. The van der Waals surface area contributed by atoms with Crippen LogP contribution in [0.2, 0.25) is 0 Å². The summed E-state index contributed by atoms with van der Waals surface area (Å²) in [7, 11) is -3.45. The van der Waals surface area contributed by atoms with Crippen LogP contribution in [0.25, 0.3) is 0 Å². The zero-order valence-corrected chi connectivity index (χ0v) is 13.2. The van der Waals surface area contributed by atoms with E-state index >= 15 is 0 Å². The van der Waals surface area contributed by atoms with Crippen molar-refractivity contribution < 1.29 is 8.42 Å². The number of rotatable bonds is 3. The van der Waals surface area contributed by atoms with E-state index in [0.29, 0.717) is 11.4 Å². The van der Waals surface area contributed by atoms with Crippen LogP contribution in [0.3, 0.4) is 0 Å². The molecule has 1 aromatic carbocycles. The quantitative estimate of drug-likeness (QED) is 0.947. The minimum absolute atomic E-state index is 0.0781. The fourth-order valence-corrected chi connectivity index (χ4v) is 4.99. The Balaban J connectivity index is 2.01. The van der Waals surface area contributed by atoms with E-state index in [9.17, 15) is 8.42 Å². The number of nitrogens with zero attached hydrogens (tertiary/aromatic N) is 1. The minimum Gasteiger partial charge on any atom is -0.364 e. The summed E-state index contributed by atoms with van der Waals surface area (Å²) in [6, 6.07) is 9.30. The smallest absolute Gasteiger partial charge is 0.243 e. The molecule has 0 spiro atoms. The second-order valence-corrected chi connectivity index (χ2v) is 7.53. The molecule has 5 heteroatoms. The second kappa shape index (κ2) is 5.31. The van der Waals surface area contributed by atoms with Gasteiger partial charge in [-0.1, -0.05) is 17.7 Å². The van der Waals surface area contributed by atoms with Gasteiger partial charge in [-0.2, -0.15) is 4.31 Å². The van der Waals surface area contributed by atoms with Gasteiger partial charge in [0.1, 0.15) is 0 Å². The molecule has 21 heavy (non-hydrogen) atoms. The van der Waals surface area contributed by atoms with Crippen LogP contribution in [-0.2, 0) is 10.0 Å². The van der Waals surface area contributed by atoms with Crippen molar-refractivity contribution in [1.29, 1.82) is 0 Å². The van der Waals surface area contributed by atoms with Gasteiger partial charge in [0.25, 0.3) is 0 Å². The molecule has 4 nitrogen and oxygen atoms in total. The molecule has 1 aliphatic heterocycles. The van der Waals surface area contributed by atoms with Crippen molar-refractivity contribution in [3.05, 3.63) is 53.3 Å². The van der Waals surface area contributed by atoms with Crippen LogP contribution in [0, 0.1) is 13.8 Å². The van der Waals surface area contributed by atoms with Crippen LogP contribution < -0.4 is 0 Å². The van der Waals surface area contributed by atoms with Gasteiger partial charge >= 0.3 is 0 Å². The summed E-state index contributed by atoms with van der Waals surface area (Å²) in [6.45, 7) is 4.42. The van der Waals surface area contributed by atoms with Crippen LogP contribution in [0.4, 0.5) is 0 Å². The molecule has 1 aromatic heterocycles. The average Bonchev–Trinajstić information content (AvgIpc) is 3.09. The monoisotopic (exact) mass is 304 g/mol. The van der Waals surface area contributed by atoms with E-state index < -0.39 is 10.0 Å². The van der Waals surface area contributed by atoms with Crippen molar-refractivity contribution in [2.75, 3.05) is 6.54 Å². The third-order valence-electron chi connectivity index (χ3n) is 4.10. The Morgan fingerprint density at radius 2 is 2.05 bits per heavy atom. The van der Waals surface area contributed by atoms with Gasteiger partial charge in [0.05, 0.1) is 10.9 Å². The molecule has 3 rings (SSSR count). The predicted octanol–water partition coefficient (Wildman–Crippen LogP) is 3.16. The SMILES string of the molecule is Cc1ccc(S(=O)(=O)N2CCCC2c2ccc[nH]2)c(C)c1. The van der Waals surface area contributed by atoms with E-state index in [1.54, 1.807) is 10.4 Å². The first kappa shape index (κ1) is 14.4. The highest BCUT2D eigenvalue weighted by Crippen LogP contribution is 2.36. The highest BCUT2D eigenvalue weighted by molar-refractivity contribution is 7.89. The average molecular weight is 304 g/mol. The molecule has 1 N–H and O–H groups in total. The first-order valence-electron chi connectivity index (χ1n) is 7.22. The maximum atomic E-state index is 13.0. The fourth-order valence-electron chi connectivity index (χ4n) is 3.11. The Labute approximate surface area is 125 Å². The van der Waals surface area contributed by atoms with Gasteiger partial charge in [-0.25, -0.2) is 8.42 Å². The Morgan fingerprint density at radius 1 is 1.24 bits per heavy atom. The molecular weight excluding hydrogens is 284 g/mol. The lowest BCUT2D eigenvalue weighted by Gasteiger charge is -2.24. The molecule has 1 aliphatic rings. The highest BCUT2D eigenvalue weighted by atomic mass is 32.2. The summed E-state index contributed by atoms with van der Waals surface area (Å²) in [5.74, 6) is 0. The van der Waals surface area contributed by atoms with Crippen LogP contribution >= 0.6 is 0 Å². The molecular formula is C16H20N2O2S. The lowest BCUT2D eigenvalue weighted by molar-refractivity contribution is 0.391. The highest BCUT2D eigenvalue weighted by Gasteiger charge is 2.37. The zero-order valence-electron chi connectivity index (χ0n) is 12.3. The van der Waals surface area contributed by atoms with Crippen molar-refractivity contribution >= 4 is 10.0 Å². The molecule has 0 bridgehead atoms. The summed E-state index contributed by atoms with van der Waals surface area (Å²) in [5, 5.41) is 0. The number of sulfonamides is 1. The van der Waals surface area contributed by atoms with Crippen molar-refractivity contribution in [2.45, 2.75) is 37.6 Å². The number of benzene rings is 1. The van der Waals surface area contributed by atoms with Crippen LogP contribution in [0.5, 0.6) is 0 Å². The topological polar surface area (TPSA) is 53.2 Å². The van der Waals surface area contributed by atoms with Gasteiger partial charge in [-0.05, 0) is 50.5 Å². The fraction of sp³-hybridized carbons (Fsp3) is 0.375. The molecule has 0 saturated carbocycles. The first-order chi connectivity index (χ1) is 10.00. The minimum atomic E-state index is -3.45. The lowest BCUT2D eigenvalue weighted by atomic mass is 10.2. The normalized spacial score (nSPS) is 20.0. The van der Waals surface area contributed by atoms with E-state index in [2.05, 4.69) is 4.98 Å². The van der Waals surface area contributed by atoms with Gasteiger partial charge in [-0.3, -0.25) is 0 Å². The zero-order chi connectivity index (χ0) is 15.0. The summed E-state index contributed by atoms with van der Waals surface area (Å²) in [6.07, 6.45) is 3.61. The van der Waals surface area contributed by atoms with Gasteiger partial charge in [0.2, 0.25) is 10.0 Å². The third-order valence-corrected chi connectivity index (χ3v) is 6.17. The van der Waals surface area contributed by atoms with Gasteiger partial charge in [0.15, 0.2) is 0 Å². The maximum Gasteiger partial charge on any atom is 0.243 e. The van der Waals surface area contributed by atoms with E-state index in [1.807, 2.05) is 44.3 Å².